The minimum Gasteiger partial charge on any atom is -0.357 e. The van der Waals surface area contributed by atoms with E-state index in [4.69, 9.17) is 0 Å². The van der Waals surface area contributed by atoms with Gasteiger partial charge in [0.2, 0.25) is 21.8 Å². The van der Waals surface area contributed by atoms with Crippen LogP contribution >= 0.6 is 0 Å². The van der Waals surface area contributed by atoms with Crippen LogP contribution in [0.15, 0.2) is 91.0 Å². The molecule has 1 unspecified atom stereocenters. The van der Waals surface area contributed by atoms with E-state index in [2.05, 4.69) is 5.32 Å². The number of hydrogen-bond acceptors (Lipinski definition) is 4. The van der Waals surface area contributed by atoms with Gasteiger partial charge in [0, 0.05) is 20.1 Å². The van der Waals surface area contributed by atoms with Gasteiger partial charge in [-0.15, -0.1) is 0 Å². The van der Waals surface area contributed by atoms with Gasteiger partial charge in [0.1, 0.15) is 6.04 Å². The van der Waals surface area contributed by atoms with Crippen molar-refractivity contribution in [3.8, 4) is 0 Å². The molecule has 3 aromatic rings. The van der Waals surface area contributed by atoms with Gasteiger partial charge in [-0.2, -0.15) is 4.31 Å². The van der Waals surface area contributed by atoms with Crippen molar-refractivity contribution in [3.63, 3.8) is 0 Å². The third kappa shape index (κ3) is 6.76. The maximum absolute atomic E-state index is 13.7. The molecule has 0 aliphatic carbocycles. The van der Waals surface area contributed by atoms with Gasteiger partial charge in [-0.3, -0.25) is 9.59 Å². The number of nitrogens with zero attached hydrogens (tertiary/aromatic N) is 2. The molecule has 0 radical (unpaired) electrons. The van der Waals surface area contributed by atoms with Crippen LogP contribution in [0.25, 0.3) is 0 Å². The van der Waals surface area contributed by atoms with E-state index < -0.39 is 22.0 Å². The maximum Gasteiger partial charge on any atom is 0.247 e. The fourth-order valence-electron chi connectivity index (χ4n) is 3.67. The third-order valence-corrected chi connectivity index (χ3v) is 6.62. The Morgan fingerprint density at radius 3 is 1.74 bits per heavy atom. The first-order valence-electron chi connectivity index (χ1n) is 10.9. The summed E-state index contributed by atoms with van der Waals surface area (Å²) in [7, 11) is -2.18. The zero-order valence-electron chi connectivity index (χ0n) is 19.3. The average molecular weight is 480 g/mol. The van der Waals surface area contributed by atoms with Gasteiger partial charge in [0.15, 0.2) is 0 Å². The van der Waals surface area contributed by atoms with Gasteiger partial charge >= 0.3 is 0 Å². The van der Waals surface area contributed by atoms with Gasteiger partial charge < -0.3 is 10.2 Å². The van der Waals surface area contributed by atoms with Crippen LogP contribution in [0.1, 0.15) is 22.7 Å². The highest BCUT2D eigenvalue weighted by molar-refractivity contribution is 7.88. The second kappa shape index (κ2) is 11.6. The molecule has 7 nitrogen and oxygen atoms in total. The molecule has 8 heteroatoms. The van der Waals surface area contributed by atoms with Crippen LogP contribution in [-0.2, 0) is 32.7 Å². The molecular weight excluding hydrogens is 450 g/mol. The number of hydrogen-bond donors (Lipinski definition) is 1. The molecule has 3 rings (SSSR count). The molecular formula is C26H29N3O4S. The zero-order chi connectivity index (χ0) is 24.6. The third-order valence-electron chi connectivity index (χ3n) is 5.42. The summed E-state index contributed by atoms with van der Waals surface area (Å²) >= 11 is 0. The van der Waals surface area contributed by atoms with E-state index in [0.29, 0.717) is 5.56 Å². The molecule has 0 spiro atoms. The molecule has 0 bridgehead atoms. The molecule has 0 aliphatic heterocycles. The van der Waals surface area contributed by atoms with Gasteiger partial charge in [-0.25, -0.2) is 8.42 Å². The predicted molar refractivity (Wildman–Crippen MR) is 132 cm³/mol. The summed E-state index contributed by atoms with van der Waals surface area (Å²) in [5.74, 6) is -0.827. The second-order valence-corrected chi connectivity index (χ2v) is 9.93. The lowest BCUT2D eigenvalue weighted by Crippen LogP contribution is -2.47. The van der Waals surface area contributed by atoms with E-state index >= 15 is 0 Å². The lowest BCUT2D eigenvalue weighted by Gasteiger charge is -2.33. The fraction of sp³-hybridized carbons (Fsp3) is 0.231. The molecule has 1 N–H and O–H groups in total. The number of amides is 2. The SMILES string of the molecule is CNC(=O)C(c1ccccc1)N(Cc1ccccc1)C(=O)CN(Cc1ccccc1)S(C)(=O)=O. The largest absolute Gasteiger partial charge is 0.357 e. The summed E-state index contributed by atoms with van der Waals surface area (Å²) in [5, 5.41) is 2.64. The van der Waals surface area contributed by atoms with Crippen molar-refractivity contribution in [1.82, 2.24) is 14.5 Å². The summed E-state index contributed by atoms with van der Waals surface area (Å²) < 4.78 is 26.2. The van der Waals surface area contributed by atoms with Crippen molar-refractivity contribution in [2.45, 2.75) is 19.1 Å². The van der Waals surface area contributed by atoms with Crippen LogP contribution in [-0.4, -0.2) is 49.3 Å². The van der Waals surface area contributed by atoms with Crippen molar-refractivity contribution < 1.29 is 18.0 Å². The average Bonchev–Trinajstić information content (AvgIpc) is 2.84. The monoisotopic (exact) mass is 479 g/mol. The van der Waals surface area contributed by atoms with Crippen LogP contribution in [0.3, 0.4) is 0 Å². The summed E-state index contributed by atoms with van der Waals surface area (Å²) in [6.07, 6.45) is 1.08. The molecule has 0 fully saturated rings. The first-order chi connectivity index (χ1) is 16.3. The van der Waals surface area contributed by atoms with E-state index in [9.17, 15) is 18.0 Å². The van der Waals surface area contributed by atoms with E-state index in [1.54, 1.807) is 24.3 Å². The molecule has 0 saturated carbocycles. The van der Waals surface area contributed by atoms with E-state index in [1.165, 1.54) is 11.9 Å². The lowest BCUT2D eigenvalue weighted by atomic mass is 10.0. The standard InChI is InChI=1S/C26H29N3O4S/c1-27-26(31)25(23-16-10-5-11-17-23)29(19-22-14-8-4-9-15-22)24(30)20-28(34(2,32)33)18-21-12-6-3-7-13-21/h3-17,25H,18-20H2,1-2H3,(H,27,31). The van der Waals surface area contributed by atoms with Crippen LogP contribution in [0, 0.1) is 0 Å². The fourth-order valence-corrected chi connectivity index (χ4v) is 4.40. The topological polar surface area (TPSA) is 86.8 Å². The van der Waals surface area contributed by atoms with Crippen LogP contribution < -0.4 is 5.32 Å². The minimum atomic E-state index is -3.70. The first-order valence-corrected chi connectivity index (χ1v) is 12.7. The zero-order valence-corrected chi connectivity index (χ0v) is 20.1. The number of sulfonamides is 1. The summed E-state index contributed by atoms with van der Waals surface area (Å²) in [6, 6.07) is 26.5. The molecule has 0 saturated heterocycles. The Balaban J connectivity index is 1.98. The molecule has 1 atom stereocenters. The number of benzene rings is 3. The smallest absolute Gasteiger partial charge is 0.247 e. The normalized spacial score (nSPS) is 12.2. The highest BCUT2D eigenvalue weighted by Crippen LogP contribution is 2.24. The highest BCUT2D eigenvalue weighted by atomic mass is 32.2. The molecule has 3 aromatic carbocycles. The minimum absolute atomic E-state index is 0.0561. The molecule has 2 amide bonds. The lowest BCUT2D eigenvalue weighted by molar-refractivity contribution is -0.141. The van der Waals surface area contributed by atoms with E-state index in [-0.39, 0.29) is 25.5 Å². The van der Waals surface area contributed by atoms with E-state index in [0.717, 1.165) is 21.7 Å². The van der Waals surface area contributed by atoms with Crippen molar-refractivity contribution in [2.75, 3.05) is 19.8 Å². The summed E-state index contributed by atoms with van der Waals surface area (Å²) in [6.45, 7) is -0.183. The highest BCUT2D eigenvalue weighted by Gasteiger charge is 2.33. The van der Waals surface area contributed by atoms with Crippen molar-refractivity contribution in [2.24, 2.45) is 0 Å². The molecule has 34 heavy (non-hydrogen) atoms. The Labute approximate surface area is 201 Å². The predicted octanol–water partition coefficient (Wildman–Crippen LogP) is 2.96. The van der Waals surface area contributed by atoms with Crippen molar-refractivity contribution in [1.29, 1.82) is 0 Å². The van der Waals surface area contributed by atoms with Crippen LogP contribution in [0.5, 0.6) is 0 Å². The summed E-state index contributed by atoms with van der Waals surface area (Å²) in [5.41, 5.74) is 2.23. The van der Waals surface area contributed by atoms with Crippen LogP contribution in [0.4, 0.5) is 0 Å². The van der Waals surface area contributed by atoms with Crippen molar-refractivity contribution in [3.05, 3.63) is 108 Å². The Kier molecular flexibility index (Phi) is 8.56. The number of likely N-dealkylation sites (N-methyl/N-ethyl adjacent to an activating group) is 1. The Bertz CT molecular complexity index is 1190. The maximum atomic E-state index is 13.7. The van der Waals surface area contributed by atoms with Gasteiger partial charge in [-0.1, -0.05) is 91.0 Å². The van der Waals surface area contributed by atoms with E-state index in [1.807, 2.05) is 66.7 Å². The quantitative estimate of drug-likeness (QED) is 0.484. The Morgan fingerprint density at radius 2 is 1.26 bits per heavy atom. The number of nitrogens with one attached hydrogen (secondary N) is 1. The van der Waals surface area contributed by atoms with Gasteiger partial charge in [0.25, 0.3) is 0 Å². The molecule has 0 heterocycles. The number of carbonyl (C=O) groups is 2. The second-order valence-electron chi connectivity index (χ2n) is 7.95. The molecule has 0 aromatic heterocycles. The number of rotatable bonds is 10. The van der Waals surface area contributed by atoms with Gasteiger partial charge in [-0.05, 0) is 16.7 Å². The summed E-state index contributed by atoms with van der Waals surface area (Å²) in [4.78, 5) is 28.1. The Morgan fingerprint density at radius 1 is 0.794 bits per heavy atom. The van der Waals surface area contributed by atoms with Crippen molar-refractivity contribution >= 4 is 21.8 Å². The Hall–Kier alpha value is -3.49. The molecule has 178 valence electrons. The molecule has 0 aliphatic rings. The number of carbonyl (C=O) groups excluding carboxylic acids is 2. The van der Waals surface area contributed by atoms with Gasteiger partial charge in [0.05, 0.1) is 12.8 Å². The van der Waals surface area contributed by atoms with Crippen LogP contribution in [0.2, 0.25) is 0 Å². The first kappa shape index (κ1) is 25.1.